The van der Waals surface area contributed by atoms with Gasteiger partial charge in [-0.05, 0) is 47.7 Å². The van der Waals surface area contributed by atoms with Crippen molar-refractivity contribution >= 4 is 10.9 Å². The summed E-state index contributed by atoms with van der Waals surface area (Å²) >= 11 is 0. The molecule has 0 unspecified atom stereocenters. The van der Waals surface area contributed by atoms with Crippen molar-refractivity contribution in [1.82, 2.24) is 30.6 Å². The zero-order chi connectivity index (χ0) is 17.2. The highest BCUT2D eigenvalue weighted by Crippen LogP contribution is 2.27. The molecule has 4 rings (SSSR count). The van der Waals surface area contributed by atoms with E-state index in [1.807, 2.05) is 37.3 Å². The highest BCUT2D eigenvalue weighted by molar-refractivity contribution is 5.84. The van der Waals surface area contributed by atoms with Gasteiger partial charge >= 0.3 is 0 Å². The Bertz CT molecular complexity index is 1090. The quantitative estimate of drug-likeness (QED) is 0.592. The molecule has 0 radical (unpaired) electrons. The van der Waals surface area contributed by atoms with Crippen molar-refractivity contribution in [3.63, 3.8) is 0 Å². The summed E-state index contributed by atoms with van der Waals surface area (Å²) < 4.78 is 5.62. The molecule has 0 fully saturated rings. The van der Waals surface area contributed by atoms with Gasteiger partial charge in [-0.2, -0.15) is 0 Å². The first-order valence-electron chi connectivity index (χ1n) is 7.76. The second-order valence-corrected chi connectivity index (χ2v) is 5.33. The fraction of sp³-hybridized carbons (Fsp3) is 0.118. The molecular formula is C17H14N6O2. The lowest BCUT2D eigenvalue weighted by atomic mass is 10.1. The molecule has 0 aliphatic rings. The molecule has 0 atom stereocenters. The Labute approximate surface area is 141 Å². The van der Waals surface area contributed by atoms with Gasteiger partial charge in [-0.25, -0.2) is 10.1 Å². The number of H-pyrrole nitrogens is 2. The molecule has 0 aliphatic heterocycles. The predicted molar refractivity (Wildman–Crippen MR) is 92.1 cm³/mol. The standard InChI is InChI=1S/C17H14N6O2/c1-2-25-14-6-4-3-5-11(14)16-18-13-8-7-10(15-20-22-23-21-15)9-12(13)17(24)19-16/h3-9H,2H2,1H3,(H,18,19,24)(H,20,21,22,23). The average Bonchev–Trinajstić information content (AvgIpc) is 3.17. The van der Waals surface area contributed by atoms with Crippen LogP contribution >= 0.6 is 0 Å². The van der Waals surface area contributed by atoms with Gasteiger partial charge in [-0.3, -0.25) is 4.79 Å². The van der Waals surface area contributed by atoms with E-state index in [1.165, 1.54) is 0 Å². The van der Waals surface area contributed by atoms with Gasteiger partial charge in [-0.1, -0.05) is 12.1 Å². The van der Waals surface area contributed by atoms with E-state index in [4.69, 9.17) is 4.74 Å². The molecule has 25 heavy (non-hydrogen) atoms. The predicted octanol–water partition coefficient (Wildman–Crippen LogP) is 2.17. The fourth-order valence-electron chi connectivity index (χ4n) is 2.64. The Hall–Kier alpha value is -3.55. The number of rotatable bonds is 4. The number of aromatic amines is 2. The molecule has 2 aromatic carbocycles. The van der Waals surface area contributed by atoms with Crippen LogP contribution < -0.4 is 10.3 Å². The van der Waals surface area contributed by atoms with Crippen LogP contribution in [0.15, 0.2) is 47.3 Å². The summed E-state index contributed by atoms with van der Waals surface area (Å²) in [7, 11) is 0. The number of nitrogens with zero attached hydrogens (tertiary/aromatic N) is 4. The highest BCUT2D eigenvalue weighted by atomic mass is 16.5. The van der Waals surface area contributed by atoms with E-state index in [0.717, 1.165) is 5.56 Å². The molecule has 2 N–H and O–H groups in total. The van der Waals surface area contributed by atoms with E-state index in [0.29, 0.717) is 40.5 Å². The first kappa shape index (κ1) is 15.0. The minimum absolute atomic E-state index is 0.236. The van der Waals surface area contributed by atoms with Gasteiger partial charge in [0.2, 0.25) is 0 Å². The Kier molecular flexibility index (Phi) is 3.70. The third-order valence-corrected chi connectivity index (χ3v) is 3.77. The largest absolute Gasteiger partial charge is 0.493 e. The maximum absolute atomic E-state index is 12.6. The van der Waals surface area contributed by atoms with Gasteiger partial charge in [0, 0.05) is 5.56 Å². The number of tetrazole rings is 1. The minimum atomic E-state index is -0.236. The first-order valence-corrected chi connectivity index (χ1v) is 7.76. The van der Waals surface area contributed by atoms with Crippen molar-refractivity contribution < 1.29 is 4.74 Å². The normalized spacial score (nSPS) is 10.9. The third kappa shape index (κ3) is 2.74. The summed E-state index contributed by atoms with van der Waals surface area (Å²) in [6, 6.07) is 12.8. The molecule has 8 heteroatoms. The van der Waals surface area contributed by atoms with E-state index in [1.54, 1.807) is 12.1 Å². The summed E-state index contributed by atoms with van der Waals surface area (Å²) in [6.07, 6.45) is 0. The number of fused-ring (bicyclic) bond motifs is 1. The number of hydrogen-bond acceptors (Lipinski definition) is 6. The molecule has 124 valence electrons. The summed E-state index contributed by atoms with van der Waals surface area (Å²) in [6.45, 7) is 2.44. The molecule has 0 saturated carbocycles. The van der Waals surface area contributed by atoms with Crippen LogP contribution in [0.5, 0.6) is 5.75 Å². The van der Waals surface area contributed by atoms with Gasteiger partial charge in [0.25, 0.3) is 5.56 Å². The van der Waals surface area contributed by atoms with E-state index >= 15 is 0 Å². The maximum atomic E-state index is 12.6. The van der Waals surface area contributed by atoms with E-state index < -0.39 is 0 Å². The Balaban J connectivity index is 1.86. The number of para-hydroxylation sites is 1. The second kappa shape index (κ2) is 6.16. The van der Waals surface area contributed by atoms with Gasteiger partial charge in [0.1, 0.15) is 11.6 Å². The molecule has 2 heterocycles. The highest BCUT2D eigenvalue weighted by Gasteiger charge is 2.12. The second-order valence-electron chi connectivity index (χ2n) is 5.33. The Morgan fingerprint density at radius 1 is 1.12 bits per heavy atom. The van der Waals surface area contributed by atoms with Gasteiger partial charge in [-0.15, -0.1) is 5.10 Å². The lowest BCUT2D eigenvalue weighted by molar-refractivity contribution is 0.341. The number of benzene rings is 2. The molecule has 8 nitrogen and oxygen atoms in total. The maximum Gasteiger partial charge on any atom is 0.259 e. The Morgan fingerprint density at radius 3 is 2.80 bits per heavy atom. The number of nitrogens with one attached hydrogen (secondary N) is 2. The van der Waals surface area contributed by atoms with Crippen molar-refractivity contribution in [2.24, 2.45) is 0 Å². The number of ether oxygens (including phenoxy) is 1. The van der Waals surface area contributed by atoms with E-state index in [-0.39, 0.29) is 5.56 Å². The fourth-order valence-corrected chi connectivity index (χ4v) is 2.64. The first-order chi connectivity index (χ1) is 12.3. The van der Waals surface area contributed by atoms with Crippen LogP contribution in [0.4, 0.5) is 0 Å². The summed E-state index contributed by atoms with van der Waals surface area (Å²) in [5.41, 5.74) is 1.81. The van der Waals surface area contributed by atoms with Gasteiger partial charge in [0.15, 0.2) is 5.82 Å². The molecule has 4 aromatic rings. The van der Waals surface area contributed by atoms with Crippen LogP contribution in [-0.2, 0) is 0 Å². The van der Waals surface area contributed by atoms with Crippen LogP contribution in [0.1, 0.15) is 6.92 Å². The topological polar surface area (TPSA) is 109 Å². The van der Waals surface area contributed by atoms with Crippen LogP contribution in [0.25, 0.3) is 33.7 Å². The lowest BCUT2D eigenvalue weighted by Crippen LogP contribution is -2.10. The average molecular weight is 334 g/mol. The number of aromatic nitrogens is 6. The van der Waals surface area contributed by atoms with E-state index in [9.17, 15) is 4.79 Å². The summed E-state index contributed by atoms with van der Waals surface area (Å²) in [5, 5.41) is 14.1. The molecule has 2 aromatic heterocycles. The monoisotopic (exact) mass is 334 g/mol. The van der Waals surface area contributed by atoms with Crippen molar-refractivity contribution in [3.05, 3.63) is 52.8 Å². The van der Waals surface area contributed by atoms with Crippen LogP contribution in [0.3, 0.4) is 0 Å². The van der Waals surface area contributed by atoms with Crippen LogP contribution in [-0.4, -0.2) is 37.2 Å². The molecule has 0 bridgehead atoms. The molecule has 0 spiro atoms. The SMILES string of the molecule is CCOc1ccccc1-c1nc2ccc(-c3nnn[nH]3)cc2c(=O)[nH]1. The lowest BCUT2D eigenvalue weighted by Gasteiger charge is -2.10. The Morgan fingerprint density at radius 2 is 2.00 bits per heavy atom. The van der Waals surface area contributed by atoms with Crippen LogP contribution in [0.2, 0.25) is 0 Å². The van der Waals surface area contributed by atoms with Crippen molar-refractivity contribution in [3.8, 4) is 28.5 Å². The van der Waals surface area contributed by atoms with Crippen molar-refractivity contribution in [1.29, 1.82) is 0 Å². The molecule has 0 amide bonds. The zero-order valence-electron chi connectivity index (χ0n) is 13.4. The summed E-state index contributed by atoms with van der Waals surface area (Å²) in [4.78, 5) is 20.0. The summed E-state index contributed by atoms with van der Waals surface area (Å²) in [5.74, 6) is 1.64. The van der Waals surface area contributed by atoms with Gasteiger partial charge < -0.3 is 9.72 Å². The zero-order valence-corrected chi connectivity index (χ0v) is 13.4. The van der Waals surface area contributed by atoms with Crippen molar-refractivity contribution in [2.75, 3.05) is 6.61 Å². The molecular weight excluding hydrogens is 320 g/mol. The minimum Gasteiger partial charge on any atom is -0.493 e. The van der Waals surface area contributed by atoms with E-state index in [2.05, 4.69) is 30.6 Å². The molecule has 0 saturated heterocycles. The molecule has 0 aliphatic carbocycles. The van der Waals surface area contributed by atoms with Gasteiger partial charge in [0.05, 0.1) is 23.1 Å². The van der Waals surface area contributed by atoms with Crippen LogP contribution in [0, 0.1) is 0 Å². The third-order valence-electron chi connectivity index (χ3n) is 3.77. The van der Waals surface area contributed by atoms with Crippen molar-refractivity contribution in [2.45, 2.75) is 6.92 Å². The number of hydrogen-bond donors (Lipinski definition) is 2. The smallest absolute Gasteiger partial charge is 0.259 e.